The van der Waals surface area contributed by atoms with Crippen LogP contribution in [-0.4, -0.2) is 64.8 Å². The summed E-state index contributed by atoms with van der Waals surface area (Å²) in [5, 5.41) is 2.97. The average molecular weight is 400 g/mol. The van der Waals surface area contributed by atoms with Gasteiger partial charge >= 0.3 is 5.97 Å². The van der Waals surface area contributed by atoms with Crippen LogP contribution in [0.1, 0.15) is 46.4 Å². The van der Waals surface area contributed by atoms with Gasteiger partial charge in [-0.05, 0) is 37.9 Å². The van der Waals surface area contributed by atoms with Gasteiger partial charge in [0.2, 0.25) is 5.91 Å². The number of piperidine rings is 1. The number of hydrogen-bond acceptors (Lipinski definition) is 8. The monoisotopic (exact) mass is 400 g/mol. The van der Waals surface area contributed by atoms with Crippen LogP contribution in [0.25, 0.3) is 0 Å². The third-order valence-electron chi connectivity index (χ3n) is 5.45. The molecule has 0 radical (unpaired) electrons. The second-order valence-corrected chi connectivity index (χ2v) is 7.21. The molecular weight excluding hydrogens is 380 g/mol. The van der Waals surface area contributed by atoms with E-state index in [-0.39, 0.29) is 29.7 Å². The fourth-order valence-electron chi connectivity index (χ4n) is 3.92. The molecule has 1 unspecified atom stereocenters. The van der Waals surface area contributed by atoms with Gasteiger partial charge in [-0.2, -0.15) is 0 Å². The second-order valence-electron chi connectivity index (χ2n) is 7.21. The summed E-state index contributed by atoms with van der Waals surface area (Å²) in [6.07, 6.45) is 1.42. The number of benzene rings is 1. The van der Waals surface area contributed by atoms with Gasteiger partial charge in [0.05, 0.1) is 11.1 Å². The zero-order valence-electron chi connectivity index (χ0n) is 15.6. The Hall–Kier alpha value is -3.27. The number of esters is 1. The van der Waals surface area contributed by atoms with Crippen molar-refractivity contribution in [3.63, 3.8) is 0 Å². The second kappa shape index (κ2) is 7.28. The number of nitrogen functional groups attached to an aromatic ring is 1. The van der Waals surface area contributed by atoms with Crippen molar-refractivity contribution in [1.82, 2.24) is 15.1 Å². The SMILES string of the molecule is Nc1cccc2c1C(=O)N(C1CCC(=O)N(COC(=O)[C@@H]3CCCN3)C1=O)C2=O. The highest BCUT2D eigenvalue weighted by molar-refractivity contribution is 6.25. The first-order chi connectivity index (χ1) is 13.9. The fraction of sp³-hybridized carbons (Fsp3) is 0.421. The number of nitrogens with two attached hydrogens (primary N) is 1. The minimum absolute atomic E-state index is 0.0116. The van der Waals surface area contributed by atoms with E-state index in [9.17, 15) is 24.0 Å². The molecule has 2 fully saturated rings. The lowest BCUT2D eigenvalue weighted by Gasteiger charge is -2.34. The van der Waals surface area contributed by atoms with Gasteiger partial charge in [-0.15, -0.1) is 0 Å². The van der Waals surface area contributed by atoms with E-state index in [1.807, 2.05) is 0 Å². The van der Waals surface area contributed by atoms with Gasteiger partial charge < -0.3 is 15.8 Å². The van der Waals surface area contributed by atoms with Gasteiger partial charge in [0.25, 0.3) is 17.7 Å². The molecule has 3 aliphatic rings. The van der Waals surface area contributed by atoms with E-state index < -0.39 is 48.4 Å². The first kappa shape index (κ1) is 19.1. The van der Waals surface area contributed by atoms with Crippen LogP contribution < -0.4 is 11.1 Å². The van der Waals surface area contributed by atoms with E-state index >= 15 is 0 Å². The minimum Gasteiger partial charge on any atom is -0.443 e. The number of ether oxygens (including phenoxy) is 1. The Bertz CT molecular complexity index is 923. The molecule has 1 aromatic carbocycles. The van der Waals surface area contributed by atoms with Crippen LogP contribution in [0.15, 0.2) is 18.2 Å². The summed E-state index contributed by atoms with van der Waals surface area (Å²) in [6.45, 7) is 0.156. The molecule has 0 aliphatic carbocycles. The number of carbonyl (C=O) groups excluding carboxylic acids is 5. The van der Waals surface area contributed by atoms with E-state index in [4.69, 9.17) is 10.5 Å². The Kier molecular flexibility index (Phi) is 4.79. The van der Waals surface area contributed by atoms with Gasteiger partial charge in [0, 0.05) is 12.1 Å². The first-order valence-electron chi connectivity index (χ1n) is 9.40. The molecule has 10 heteroatoms. The van der Waals surface area contributed by atoms with Gasteiger partial charge in [-0.3, -0.25) is 28.9 Å². The van der Waals surface area contributed by atoms with E-state index in [0.717, 1.165) is 16.2 Å². The molecule has 2 saturated heterocycles. The molecule has 0 aromatic heterocycles. The standard InChI is InChI=1S/C19H20N4O6/c20-11-4-1-3-10-15(11)18(27)23(16(10)25)13-6-7-14(24)22(17(13)26)9-29-19(28)12-5-2-8-21-12/h1,3-4,12-13,21H,2,5-9,20H2/t12-,13?/m0/s1. The minimum atomic E-state index is -1.15. The summed E-state index contributed by atoms with van der Waals surface area (Å²) in [4.78, 5) is 64.3. The number of nitrogens with one attached hydrogen (secondary N) is 1. The van der Waals surface area contributed by atoms with Gasteiger partial charge in [-0.1, -0.05) is 6.07 Å². The van der Waals surface area contributed by atoms with Crippen LogP contribution in [-0.2, 0) is 19.1 Å². The fourth-order valence-corrected chi connectivity index (χ4v) is 3.92. The van der Waals surface area contributed by atoms with Crippen LogP contribution in [0.5, 0.6) is 0 Å². The van der Waals surface area contributed by atoms with Crippen LogP contribution in [0.2, 0.25) is 0 Å². The molecule has 4 amide bonds. The Morgan fingerprint density at radius 1 is 1.17 bits per heavy atom. The highest BCUT2D eigenvalue weighted by Crippen LogP contribution is 2.32. The number of fused-ring (bicyclic) bond motifs is 1. The van der Waals surface area contributed by atoms with Gasteiger partial charge in [0.1, 0.15) is 12.1 Å². The molecule has 4 rings (SSSR count). The molecule has 1 aromatic rings. The lowest BCUT2D eigenvalue weighted by molar-refractivity contribution is -0.164. The van der Waals surface area contributed by atoms with Crippen molar-refractivity contribution < 1.29 is 28.7 Å². The quantitative estimate of drug-likeness (QED) is 0.397. The Morgan fingerprint density at radius 3 is 2.66 bits per heavy atom. The van der Waals surface area contributed by atoms with Crippen LogP contribution >= 0.6 is 0 Å². The lowest BCUT2D eigenvalue weighted by Crippen LogP contribution is -2.56. The third-order valence-corrected chi connectivity index (χ3v) is 5.45. The number of carbonyl (C=O) groups is 5. The van der Waals surface area contributed by atoms with Crippen molar-refractivity contribution in [3.05, 3.63) is 29.3 Å². The summed E-state index contributed by atoms with van der Waals surface area (Å²) in [5.41, 5.74) is 6.17. The predicted octanol–water partition coefficient (Wildman–Crippen LogP) is -0.365. The molecule has 0 spiro atoms. The highest BCUT2D eigenvalue weighted by Gasteiger charge is 2.47. The number of nitrogens with zero attached hydrogens (tertiary/aromatic N) is 2. The Morgan fingerprint density at radius 2 is 1.97 bits per heavy atom. The van der Waals surface area contributed by atoms with Crippen molar-refractivity contribution >= 4 is 35.3 Å². The molecular formula is C19H20N4O6. The number of hydrogen-bond donors (Lipinski definition) is 2. The van der Waals surface area contributed by atoms with Crippen LogP contribution in [0.4, 0.5) is 5.69 Å². The normalized spacial score (nSPS) is 24.3. The summed E-state index contributed by atoms with van der Waals surface area (Å²) < 4.78 is 5.13. The molecule has 2 atom stereocenters. The van der Waals surface area contributed by atoms with Crippen molar-refractivity contribution in [2.45, 2.75) is 37.8 Å². The average Bonchev–Trinajstić information content (AvgIpc) is 3.31. The predicted molar refractivity (Wildman–Crippen MR) is 98.2 cm³/mol. The van der Waals surface area contributed by atoms with Crippen molar-refractivity contribution in [2.75, 3.05) is 19.0 Å². The molecule has 0 bridgehead atoms. The third kappa shape index (κ3) is 3.15. The molecule has 0 saturated carbocycles. The summed E-state index contributed by atoms with van der Waals surface area (Å²) >= 11 is 0. The Balaban J connectivity index is 1.50. The lowest BCUT2D eigenvalue weighted by atomic mass is 10.0. The maximum absolute atomic E-state index is 12.9. The maximum Gasteiger partial charge on any atom is 0.324 e. The molecule has 3 N–H and O–H groups in total. The maximum atomic E-state index is 12.9. The summed E-state index contributed by atoms with van der Waals surface area (Å²) in [6, 6.07) is 2.92. The van der Waals surface area contributed by atoms with E-state index in [0.29, 0.717) is 13.0 Å². The number of amides is 4. The van der Waals surface area contributed by atoms with E-state index in [1.54, 1.807) is 6.07 Å². The largest absolute Gasteiger partial charge is 0.443 e. The topological polar surface area (TPSA) is 139 Å². The van der Waals surface area contributed by atoms with Crippen molar-refractivity contribution in [3.8, 4) is 0 Å². The van der Waals surface area contributed by atoms with E-state index in [1.165, 1.54) is 12.1 Å². The van der Waals surface area contributed by atoms with E-state index in [2.05, 4.69) is 5.32 Å². The molecule has 10 nitrogen and oxygen atoms in total. The summed E-state index contributed by atoms with van der Waals surface area (Å²) in [7, 11) is 0. The van der Waals surface area contributed by atoms with Crippen molar-refractivity contribution in [1.29, 1.82) is 0 Å². The molecule has 29 heavy (non-hydrogen) atoms. The number of likely N-dealkylation sites (tertiary alicyclic amines) is 1. The van der Waals surface area contributed by atoms with Gasteiger partial charge in [-0.25, -0.2) is 4.90 Å². The highest BCUT2D eigenvalue weighted by atomic mass is 16.5. The smallest absolute Gasteiger partial charge is 0.324 e. The van der Waals surface area contributed by atoms with Gasteiger partial charge in [0.15, 0.2) is 6.73 Å². The molecule has 3 aliphatic heterocycles. The molecule has 3 heterocycles. The number of imide groups is 2. The number of anilines is 1. The zero-order valence-corrected chi connectivity index (χ0v) is 15.6. The first-order valence-corrected chi connectivity index (χ1v) is 9.40. The van der Waals surface area contributed by atoms with Crippen LogP contribution in [0.3, 0.4) is 0 Å². The van der Waals surface area contributed by atoms with Crippen LogP contribution in [0, 0.1) is 0 Å². The van der Waals surface area contributed by atoms with Crippen molar-refractivity contribution in [2.24, 2.45) is 0 Å². The summed E-state index contributed by atoms with van der Waals surface area (Å²) in [5.74, 6) is -3.10. The zero-order chi connectivity index (χ0) is 20.7. The molecule has 152 valence electrons. The number of rotatable bonds is 4. The Labute approximate surface area is 165 Å².